The topological polar surface area (TPSA) is 79.2 Å². The molecule has 0 aromatic heterocycles. The van der Waals surface area contributed by atoms with E-state index in [0.717, 1.165) is 16.7 Å². The highest BCUT2D eigenvalue weighted by atomic mass is 16.5. The van der Waals surface area contributed by atoms with E-state index in [4.69, 9.17) is 4.74 Å². The molecule has 0 heterocycles. The zero-order chi connectivity index (χ0) is 22.4. The average molecular weight is 410 g/mol. The van der Waals surface area contributed by atoms with E-state index in [-0.39, 0.29) is 5.57 Å². The first-order valence-electron chi connectivity index (χ1n) is 9.75. The van der Waals surface area contributed by atoms with Crippen LogP contribution in [0.5, 0.6) is 5.75 Å². The van der Waals surface area contributed by atoms with E-state index in [1.807, 2.05) is 51.1 Å². The third-order valence-electron chi connectivity index (χ3n) is 4.82. The molecule has 154 valence electrons. The van der Waals surface area contributed by atoms with Crippen molar-refractivity contribution in [2.45, 2.75) is 20.8 Å². The summed E-state index contributed by atoms with van der Waals surface area (Å²) in [6, 6.07) is 21.2. The molecule has 5 nitrogen and oxygen atoms in total. The highest BCUT2D eigenvalue weighted by Crippen LogP contribution is 2.18. The van der Waals surface area contributed by atoms with Gasteiger partial charge in [0.1, 0.15) is 17.4 Å². The first-order valence-corrected chi connectivity index (χ1v) is 9.75. The van der Waals surface area contributed by atoms with Crippen LogP contribution in [0.4, 0.5) is 5.69 Å². The second-order valence-corrected chi connectivity index (χ2v) is 7.25. The van der Waals surface area contributed by atoms with E-state index in [2.05, 4.69) is 5.32 Å². The number of hydrogen-bond donors (Lipinski definition) is 1. The van der Waals surface area contributed by atoms with Crippen molar-refractivity contribution in [3.05, 3.63) is 100 Å². The number of rotatable bonds is 5. The Balaban J connectivity index is 1.69. The predicted molar refractivity (Wildman–Crippen MR) is 121 cm³/mol. The summed E-state index contributed by atoms with van der Waals surface area (Å²) in [6.07, 6.45) is 1.49. The Morgan fingerprint density at radius 3 is 2.19 bits per heavy atom. The molecule has 0 radical (unpaired) electrons. The molecule has 0 fully saturated rings. The largest absolute Gasteiger partial charge is 0.423 e. The summed E-state index contributed by atoms with van der Waals surface area (Å²) in [5, 5.41) is 12.1. The summed E-state index contributed by atoms with van der Waals surface area (Å²) in [4.78, 5) is 24.7. The van der Waals surface area contributed by atoms with Crippen molar-refractivity contribution in [2.75, 3.05) is 5.32 Å². The number of carbonyl (C=O) groups excluding carboxylic acids is 2. The number of nitriles is 1. The number of aryl methyl sites for hydroxylation is 3. The lowest BCUT2D eigenvalue weighted by Gasteiger charge is -2.07. The highest BCUT2D eigenvalue weighted by Gasteiger charge is 2.11. The molecule has 5 heteroatoms. The van der Waals surface area contributed by atoms with Crippen molar-refractivity contribution in [1.82, 2.24) is 0 Å². The Hall–Kier alpha value is -4.17. The average Bonchev–Trinajstić information content (AvgIpc) is 2.76. The van der Waals surface area contributed by atoms with Gasteiger partial charge in [0.15, 0.2) is 0 Å². The molecule has 0 unspecified atom stereocenters. The van der Waals surface area contributed by atoms with E-state index in [0.29, 0.717) is 22.6 Å². The molecule has 0 bridgehead atoms. The Morgan fingerprint density at radius 1 is 0.903 bits per heavy atom. The second kappa shape index (κ2) is 9.55. The number of esters is 1. The van der Waals surface area contributed by atoms with Crippen LogP contribution in [0.15, 0.2) is 72.3 Å². The first-order chi connectivity index (χ1) is 14.9. The van der Waals surface area contributed by atoms with Gasteiger partial charge in [-0.3, -0.25) is 4.79 Å². The lowest BCUT2D eigenvalue weighted by Crippen LogP contribution is -2.13. The van der Waals surface area contributed by atoms with E-state index < -0.39 is 11.9 Å². The van der Waals surface area contributed by atoms with Crippen LogP contribution in [0, 0.1) is 32.1 Å². The molecule has 1 N–H and O–H groups in total. The summed E-state index contributed by atoms with van der Waals surface area (Å²) in [6.45, 7) is 5.89. The maximum absolute atomic E-state index is 12.5. The molecule has 3 aromatic carbocycles. The minimum Gasteiger partial charge on any atom is -0.423 e. The number of nitrogens with one attached hydrogen (secondary N) is 1. The quantitative estimate of drug-likeness (QED) is 0.265. The van der Waals surface area contributed by atoms with Crippen LogP contribution in [0.3, 0.4) is 0 Å². The zero-order valence-corrected chi connectivity index (χ0v) is 17.6. The Kier molecular flexibility index (Phi) is 6.64. The fourth-order valence-electron chi connectivity index (χ4n) is 2.82. The summed E-state index contributed by atoms with van der Waals surface area (Å²) in [5.41, 5.74) is 4.94. The SMILES string of the molecule is Cc1ccc(C(=O)Oc2ccc(/C=C(/C#N)C(=O)Nc3ccc(C)c(C)c3)cc2)cc1. The van der Waals surface area contributed by atoms with Gasteiger partial charge in [-0.2, -0.15) is 5.26 Å². The van der Waals surface area contributed by atoms with Crippen molar-refractivity contribution < 1.29 is 14.3 Å². The van der Waals surface area contributed by atoms with Crippen LogP contribution in [-0.2, 0) is 4.79 Å². The summed E-state index contributed by atoms with van der Waals surface area (Å²) < 4.78 is 5.37. The third kappa shape index (κ3) is 5.68. The van der Waals surface area contributed by atoms with Crippen LogP contribution in [-0.4, -0.2) is 11.9 Å². The number of anilines is 1. The first kappa shape index (κ1) is 21.5. The Labute approximate surface area is 181 Å². The van der Waals surface area contributed by atoms with E-state index >= 15 is 0 Å². The van der Waals surface area contributed by atoms with Gasteiger partial charge in [-0.05, 0) is 79.9 Å². The number of hydrogen-bond acceptors (Lipinski definition) is 4. The van der Waals surface area contributed by atoms with Gasteiger partial charge in [-0.15, -0.1) is 0 Å². The molecule has 31 heavy (non-hydrogen) atoms. The van der Waals surface area contributed by atoms with Crippen LogP contribution in [0.2, 0.25) is 0 Å². The zero-order valence-electron chi connectivity index (χ0n) is 17.6. The molecular weight excluding hydrogens is 388 g/mol. The minimum atomic E-state index is -0.486. The van der Waals surface area contributed by atoms with Gasteiger partial charge in [0.05, 0.1) is 5.56 Å². The van der Waals surface area contributed by atoms with E-state index in [1.54, 1.807) is 42.5 Å². The highest BCUT2D eigenvalue weighted by molar-refractivity contribution is 6.09. The second-order valence-electron chi connectivity index (χ2n) is 7.25. The van der Waals surface area contributed by atoms with Crippen LogP contribution in [0.25, 0.3) is 6.08 Å². The van der Waals surface area contributed by atoms with E-state index in [9.17, 15) is 14.9 Å². The van der Waals surface area contributed by atoms with Crippen LogP contribution < -0.4 is 10.1 Å². The van der Waals surface area contributed by atoms with Gasteiger partial charge in [-0.25, -0.2) is 4.79 Å². The standard InChI is InChI=1S/C26H22N2O3/c1-17-4-9-21(10-5-17)26(30)31-24-12-7-20(8-13-24)15-22(16-27)25(29)28-23-11-6-18(2)19(3)14-23/h4-15H,1-3H3,(H,28,29)/b22-15-. The predicted octanol–water partition coefficient (Wildman–Crippen LogP) is 5.38. The Bertz CT molecular complexity index is 1180. The summed E-state index contributed by atoms with van der Waals surface area (Å²) in [5.74, 6) is -0.560. The van der Waals surface area contributed by atoms with Crippen LogP contribution >= 0.6 is 0 Å². The molecule has 0 saturated carbocycles. The monoisotopic (exact) mass is 410 g/mol. The van der Waals surface area contributed by atoms with Gasteiger partial charge >= 0.3 is 5.97 Å². The number of amides is 1. The number of ether oxygens (including phenoxy) is 1. The van der Waals surface area contributed by atoms with Crippen LogP contribution in [0.1, 0.15) is 32.6 Å². The van der Waals surface area contributed by atoms with Gasteiger partial charge < -0.3 is 10.1 Å². The van der Waals surface area contributed by atoms with Crippen molar-refractivity contribution >= 4 is 23.6 Å². The van der Waals surface area contributed by atoms with Gasteiger partial charge in [0.25, 0.3) is 5.91 Å². The van der Waals surface area contributed by atoms with Gasteiger partial charge in [0.2, 0.25) is 0 Å². The molecule has 1 amide bonds. The molecule has 0 saturated heterocycles. The van der Waals surface area contributed by atoms with Gasteiger partial charge in [-0.1, -0.05) is 35.9 Å². The van der Waals surface area contributed by atoms with Crippen molar-refractivity contribution in [1.29, 1.82) is 5.26 Å². The smallest absolute Gasteiger partial charge is 0.343 e. The maximum Gasteiger partial charge on any atom is 0.343 e. The molecule has 0 atom stereocenters. The lowest BCUT2D eigenvalue weighted by atomic mass is 10.1. The maximum atomic E-state index is 12.5. The molecule has 0 spiro atoms. The summed E-state index contributed by atoms with van der Waals surface area (Å²) >= 11 is 0. The molecule has 3 aromatic rings. The molecular formula is C26H22N2O3. The van der Waals surface area contributed by atoms with E-state index in [1.165, 1.54) is 6.08 Å². The molecule has 0 aliphatic carbocycles. The number of nitrogens with zero attached hydrogens (tertiary/aromatic N) is 1. The Morgan fingerprint density at radius 2 is 1.58 bits per heavy atom. The number of carbonyl (C=O) groups is 2. The fourth-order valence-corrected chi connectivity index (χ4v) is 2.82. The third-order valence-corrected chi connectivity index (χ3v) is 4.82. The fraction of sp³-hybridized carbons (Fsp3) is 0.115. The molecule has 0 aliphatic rings. The minimum absolute atomic E-state index is 0.0253. The normalized spacial score (nSPS) is 10.8. The molecule has 3 rings (SSSR count). The van der Waals surface area contributed by atoms with Crippen molar-refractivity contribution in [2.24, 2.45) is 0 Å². The number of benzene rings is 3. The van der Waals surface area contributed by atoms with Gasteiger partial charge in [0, 0.05) is 5.69 Å². The summed E-state index contributed by atoms with van der Waals surface area (Å²) in [7, 11) is 0. The molecule has 0 aliphatic heterocycles. The van der Waals surface area contributed by atoms with Crippen molar-refractivity contribution in [3.63, 3.8) is 0 Å². The van der Waals surface area contributed by atoms with Crippen molar-refractivity contribution in [3.8, 4) is 11.8 Å². The lowest BCUT2D eigenvalue weighted by molar-refractivity contribution is -0.112.